The largest absolute Gasteiger partial charge is 0.465 e. The first-order valence-corrected chi connectivity index (χ1v) is 12.1. The maximum absolute atomic E-state index is 15.5. The molecule has 34 heavy (non-hydrogen) atoms. The Balaban J connectivity index is 1.82. The van der Waals surface area contributed by atoms with Gasteiger partial charge in [-0.2, -0.15) is 10.4 Å². The summed E-state index contributed by atoms with van der Waals surface area (Å²) >= 11 is 0. The van der Waals surface area contributed by atoms with E-state index in [2.05, 4.69) is 15.4 Å². The molecule has 3 N–H and O–H groups in total. The van der Waals surface area contributed by atoms with E-state index >= 15 is 4.39 Å². The van der Waals surface area contributed by atoms with Gasteiger partial charge in [0.05, 0.1) is 29.4 Å². The van der Waals surface area contributed by atoms with Crippen molar-refractivity contribution in [2.75, 3.05) is 24.7 Å². The lowest BCUT2D eigenvalue weighted by molar-refractivity contribution is 0.0170. The molecular formula is C21H21FN6O5S. The number of benzene rings is 1. The van der Waals surface area contributed by atoms with Gasteiger partial charge in [0.15, 0.2) is 15.7 Å². The molecule has 1 fully saturated rings. The number of nitriles is 1. The quantitative estimate of drug-likeness (QED) is 0.492. The monoisotopic (exact) mass is 488 g/mol. The van der Waals surface area contributed by atoms with Gasteiger partial charge in [0.2, 0.25) is 0 Å². The van der Waals surface area contributed by atoms with Crippen molar-refractivity contribution >= 4 is 38.3 Å². The van der Waals surface area contributed by atoms with Crippen molar-refractivity contribution in [3.63, 3.8) is 0 Å². The summed E-state index contributed by atoms with van der Waals surface area (Å²) in [5.74, 6) is 0.0918. The number of rotatable bonds is 5. The molecule has 0 unspecified atom stereocenters. The SMILES string of the molecule is CS(=O)(=O)c1ccc(Nc2nn([C@]3(CC#N)CCN(C(=O)O)C[C@H]3F)c3cc[nH]c(=O)c23)cc1. The predicted molar refractivity (Wildman–Crippen MR) is 121 cm³/mol. The van der Waals surface area contributed by atoms with Gasteiger partial charge in [0.25, 0.3) is 5.56 Å². The maximum atomic E-state index is 15.5. The number of halogens is 1. The zero-order chi connectivity index (χ0) is 24.7. The van der Waals surface area contributed by atoms with E-state index in [1.807, 2.05) is 6.07 Å². The van der Waals surface area contributed by atoms with Crippen LogP contribution in [-0.4, -0.2) is 64.8 Å². The summed E-state index contributed by atoms with van der Waals surface area (Å²) in [5.41, 5.74) is -1.26. The Hall–Kier alpha value is -3.92. The highest BCUT2D eigenvalue weighted by molar-refractivity contribution is 7.90. The number of pyridine rings is 1. The summed E-state index contributed by atoms with van der Waals surface area (Å²) in [6, 6.07) is 9.33. The average molecular weight is 489 g/mol. The van der Waals surface area contributed by atoms with Crippen molar-refractivity contribution in [3.8, 4) is 6.07 Å². The number of amides is 1. The van der Waals surface area contributed by atoms with Gasteiger partial charge < -0.3 is 20.3 Å². The van der Waals surface area contributed by atoms with E-state index in [4.69, 9.17) is 0 Å². The van der Waals surface area contributed by atoms with Gasteiger partial charge in [0, 0.05) is 24.7 Å². The number of hydrogen-bond donors (Lipinski definition) is 3. The molecule has 178 valence electrons. The second kappa shape index (κ2) is 8.45. The smallest absolute Gasteiger partial charge is 0.407 e. The van der Waals surface area contributed by atoms with Gasteiger partial charge in [-0.1, -0.05) is 0 Å². The number of anilines is 2. The topological polar surface area (TPSA) is 161 Å². The van der Waals surface area contributed by atoms with E-state index in [0.29, 0.717) is 5.69 Å². The number of nitrogens with zero attached hydrogens (tertiary/aromatic N) is 4. The Kier molecular flexibility index (Phi) is 5.78. The fourth-order valence-corrected chi connectivity index (χ4v) is 4.82. The molecule has 3 aromatic rings. The number of sulfone groups is 1. The minimum absolute atomic E-state index is 0.00229. The summed E-state index contributed by atoms with van der Waals surface area (Å²) in [6.45, 7) is -0.436. The molecule has 4 rings (SSSR count). The Labute approximate surface area is 193 Å². The van der Waals surface area contributed by atoms with Gasteiger partial charge in [-0.3, -0.25) is 9.48 Å². The lowest BCUT2D eigenvalue weighted by Gasteiger charge is -2.42. The molecule has 1 aliphatic heterocycles. The number of nitrogens with one attached hydrogen (secondary N) is 2. The minimum Gasteiger partial charge on any atom is -0.465 e. The third-order valence-corrected chi connectivity index (χ3v) is 7.13. The number of carboxylic acid groups (broad SMARTS) is 1. The van der Waals surface area contributed by atoms with E-state index in [1.54, 1.807) is 0 Å². The highest BCUT2D eigenvalue weighted by Gasteiger charge is 2.48. The highest BCUT2D eigenvalue weighted by Crippen LogP contribution is 2.39. The van der Waals surface area contributed by atoms with Crippen LogP contribution in [0.25, 0.3) is 10.9 Å². The molecule has 2 aromatic heterocycles. The number of fused-ring (bicyclic) bond motifs is 1. The van der Waals surface area contributed by atoms with Crippen LogP contribution >= 0.6 is 0 Å². The second-order valence-electron chi connectivity index (χ2n) is 8.13. The third-order valence-electron chi connectivity index (χ3n) is 6.00. The lowest BCUT2D eigenvalue weighted by Crippen LogP contribution is -2.56. The van der Waals surface area contributed by atoms with E-state index in [1.165, 1.54) is 41.2 Å². The molecule has 11 nitrogen and oxygen atoms in total. The molecule has 1 aliphatic rings. The van der Waals surface area contributed by atoms with Crippen molar-refractivity contribution in [1.29, 1.82) is 5.26 Å². The molecule has 1 amide bonds. The van der Waals surface area contributed by atoms with Gasteiger partial charge in [0.1, 0.15) is 17.1 Å². The number of H-pyrrole nitrogens is 1. The minimum atomic E-state index is -3.40. The summed E-state index contributed by atoms with van der Waals surface area (Å²) in [6.07, 6.45) is -0.834. The Morgan fingerprint density at radius 3 is 2.68 bits per heavy atom. The van der Waals surface area contributed by atoms with Crippen LogP contribution in [0.4, 0.5) is 20.7 Å². The van der Waals surface area contributed by atoms with Crippen LogP contribution in [0.2, 0.25) is 0 Å². The van der Waals surface area contributed by atoms with Gasteiger partial charge in [-0.25, -0.2) is 17.6 Å². The second-order valence-corrected chi connectivity index (χ2v) is 10.1. The van der Waals surface area contributed by atoms with Crippen LogP contribution in [0.1, 0.15) is 12.8 Å². The van der Waals surface area contributed by atoms with Crippen molar-refractivity contribution < 1.29 is 22.7 Å². The zero-order valence-corrected chi connectivity index (χ0v) is 18.8. The Morgan fingerprint density at radius 2 is 2.09 bits per heavy atom. The van der Waals surface area contributed by atoms with Crippen LogP contribution in [-0.2, 0) is 15.4 Å². The van der Waals surface area contributed by atoms with Crippen LogP contribution in [0.5, 0.6) is 0 Å². The van der Waals surface area contributed by atoms with Crippen LogP contribution in [0.3, 0.4) is 0 Å². The number of aromatic amines is 1. The maximum Gasteiger partial charge on any atom is 0.407 e. The van der Waals surface area contributed by atoms with Crippen molar-refractivity contribution in [2.45, 2.75) is 29.4 Å². The summed E-state index contributed by atoms with van der Waals surface area (Å²) < 4.78 is 40.2. The number of alkyl halides is 1. The normalized spacial score (nSPS) is 20.7. The Bertz CT molecular complexity index is 1460. The summed E-state index contributed by atoms with van der Waals surface area (Å²) in [4.78, 5) is 27.6. The third kappa shape index (κ3) is 3.96. The molecule has 0 aliphatic carbocycles. The molecular weight excluding hydrogens is 467 g/mol. The first-order chi connectivity index (χ1) is 16.1. The molecule has 0 saturated carbocycles. The van der Waals surface area contributed by atoms with E-state index in [0.717, 1.165) is 11.2 Å². The lowest BCUT2D eigenvalue weighted by atomic mass is 9.83. The predicted octanol–water partition coefficient (Wildman–Crippen LogP) is 2.20. The highest BCUT2D eigenvalue weighted by atomic mass is 32.2. The van der Waals surface area contributed by atoms with Crippen molar-refractivity contribution in [1.82, 2.24) is 19.7 Å². The summed E-state index contributed by atoms with van der Waals surface area (Å²) in [7, 11) is -3.40. The average Bonchev–Trinajstić information content (AvgIpc) is 3.15. The van der Waals surface area contributed by atoms with E-state index in [-0.39, 0.29) is 41.0 Å². The van der Waals surface area contributed by atoms with Gasteiger partial charge >= 0.3 is 6.09 Å². The molecule has 0 bridgehead atoms. The number of piperidine rings is 1. The van der Waals surface area contributed by atoms with Crippen molar-refractivity contribution in [3.05, 3.63) is 46.9 Å². The molecule has 1 saturated heterocycles. The fourth-order valence-electron chi connectivity index (χ4n) is 4.19. The van der Waals surface area contributed by atoms with Crippen LogP contribution in [0.15, 0.2) is 46.2 Å². The van der Waals surface area contributed by atoms with Crippen LogP contribution < -0.4 is 10.9 Å². The molecule has 0 radical (unpaired) electrons. The molecule has 13 heteroatoms. The first kappa shape index (κ1) is 23.2. The standard InChI is InChI=1S/C21H21FN6O5S/c1-34(32,33)14-4-2-13(3-5-14)25-18-17-15(6-10-24-19(17)29)28(26-18)21(7-9-23)8-11-27(20(30)31)12-16(21)22/h2-6,10,16H,7-8,11-12H2,1H3,(H,24,29)(H,25,26)(H,30,31)/t16-,21-/m1/s1. The first-order valence-electron chi connectivity index (χ1n) is 10.2. The fraction of sp³-hybridized carbons (Fsp3) is 0.333. The molecule has 0 spiro atoms. The number of hydrogen-bond acceptors (Lipinski definition) is 7. The Morgan fingerprint density at radius 1 is 1.38 bits per heavy atom. The van der Waals surface area contributed by atoms with Gasteiger partial charge in [-0.05, 0) is 36.8 Å². The molecule has 1 aromatic carbocycles. The summed E-state index contributed by atoms with van der Waals surface area (Å²) in [5, 5.41) is 26.3. The number of aromatic nitrogens is 3. The van der Waals surface area contributed by atoms with Crippen LogP contribution in [0, 0.1) is 11.3 Å². The molecule has 3 heterocycles. The zero-order valence-electron chi connectivity index (χ0n) is 18.0. The van der Waals surface area contributed by atoms with Crippen molar-refractivity contribution in [2.24, 2.45) is 0 Å². The van der Waals surface area contributed by atoms with E-state index < -0.39 is 39.7 Å². The number of likely N-dealkylation sites (tertiary alicyclic amines) is 1. The molecule has 2 atom stereocenters. The van der Waals surface area contributed by atoms with E-state index in [9.17, 15) is 28.4 Å². The van der Waals surface area contributed by atoms with Gasteiger partial charge in [-0.15, -0.1) is 0 Å². The number of carbonyl (C=O) groups is 1.